The lowest BCUT2D eigenvalue weighted by Crippen LogP contribution is -2.54. The highest BCUT2D eigenvalue weighted by Gasteiger charge is 2.42. The highest BCUT2D eigenvalue weighted by Crippen LogP contribution is 2.45. The van der Waals surface area contributed by atoms with Gasteiger partial charge in [0.25, 0.3) is 0 Å². The maximum atomic E-state index is 3.94. The summed E-state index contributed by atoms with van der Waals surface area (Å²) in [6.07, 6.45) is 4.14. The average molecular weight is 363 g/mol. The van der Waals surface area contributed by atoms with E-state index < -0.39 is 0 Å². The Morgan fingerprint density at radius 2 is 0.963 bits per heavy atom. The normalized spacial score (nSPS) is 21.5. The summed E-state index contributed by atoms with van der Waals surface area (Å²) in [5.41, 5.74) is 5.14. The largest absolute Gasteiger partial charge is 0.352 e. The minimum atomic E-state index is 0.102. The smallest absolute Gasteiger partial charge is 0.113 e. The van der Waals surface area contributed by atoms with Gasteiger partial charge in [-0.1, -0.05) is 24.3 Å². The molecule has 2 aliphatic rings. The second-order valence-electron chi connectivity index (χ2n) is 8.12. The molecule has 0 bridgehead atoms. The predicted molar refractivity (Wildman–Crippen MR) is 116 cm³/mol. The number of rotatable bonds is 4. The van der Waals surface area contributed by atoms with E-state index >= 15 is 0 Å². The van der Waals surface area contributed by atoms with E-state index in [1.54, 1.807) is 0 Å². The Morgan fingerprint density at radius 3 is 1.30 bits per heavy atom. The van der Waals surface area contributed by atoms with Crippen LogP contribution in [0.2, 0.25) is 0 Å². The Labute approximate surface area is 164 Å². The van der Waals surface area contributed by atoms with Crippen molar-refractivity contribution in [2.75, 3.05) is 33.7 Å². The second kappa shape index (κ2) is 6.66. The van der Waals surface area contributed by atoms with Crippen LogP contribution in [0.3, 0.4) is 0 Å². The Balaban J connectivity index is 1.69. The maximum Gasteiger partial charge on any atom is 0.113 e. The van der Waals surface area contributed by atoms with Crippen molar-refractivity contribution in [2.45, 2.75) is 52.1 Å². The van der Waals surface area contributed by atoms with Crippen LogP contribution in [-0.2, 0) is 0 Å². The molecule has 0 saturated carbocycles. The van der Waals surface area contributed by atoms with Gasteiger partial charge >= 0.3 is 0 Å². The molecule has 2 atom stereocenters. The van der Waals surface area contributed by atoms with Crippen LogP contribution < -0.4 is 19.6 Å². The van der Waals surface area contributed by atoms with Crippen LogP contribution in [-0.4, -0.2) is 38.5 Å². The third-order valence-corrected chi connectivity index (χ3v) is 5.75. The van der Waals surface area contributed by atoms with Crippen LogP contribution in [0.5, 0.6) is 0 Å². The molecule has 2 aromatic carbocycles. The van der Waals surface area contributed by atoms with Gasteiger partial charge in [-0.3, -0.25) is 0 Å². The molecule has 0 saturated heterocycles. The molecule has 2 radical (unpaired) electrons. The number of nitrogens with zero attached hydrogens (tertiary/aromatic N) is 4. The molecule has 0 fully saturated rings. The third kappa shape index (κ3) is 2.73. The molecule has 4 rings (SSSR count). The van der Waals surface area contributed by atoms with Crippen molar-refractivity contribution in [1.82, 2.24) is 0 Å². The zero-order valence-electron chi connectivity index (χ0n) is 17.2. The fourth-order valence-electron chi connectivity index (χ4n) is 4.50. The van der Waals surface area contributed by atoms with E-state index in [0.29, 0.717) is 12.1 Å². The van der Waals surface area contributed by atoms with Crippen molar-refractivity contribution < 1.29 is 0 Å². The minimum Gasteiger partial charge on any atom is -0.352 e. The summed E-state index contributed by atoms with van der Waals surface area (Å²) in [5, 5.41) is 0. The third-order valence-electron chi connectivity index (χ3n) is 5.75. The lowest BCUT2D eigenvalue weighted by atomic mass is 10.1. The Morgan fingerprint density at radius 1 is 0.630 bits per heavy atom. The van der Waals surface area contributed by atoms with Crippen LogP contribution in [0, 0.1) is 6.42 Å². The fourth-order valence-corrected chi connectivity index (χ4v) is 4.50. The summed E-state index contributed by atoms with van der Waals surface area (Å²) in [6, 6.07) is 18.2. The second-order valence-corrected chi connectivity index (χ2v) is 8.12. The molecule has 0 aliphatic carbocycles. The summed E-state index contributed by atoms with van der Waals surface area (Å²) in [7, 11) is 4.36. The topological polar surface area (TPSA) is 13.0 Å². The molecule has 4 nitrogen and oxygen atoms in total. The van der Waals surface area contributed by atoms with Gasteiger partial charge in [0.15, 0.2) is 0 Å². The molecule has 4 heteroatoms. The summed E-state index contributed by atoms with van der Waals surface area (Å²) < 4.78 is 0. The number of benzene rings is 2. The highest BCUT2D eigenvalue weighted by atomic mass is 15.5. The van der Waals surface area contributed by atoms with Gasteiger partial charge in [0.2, 0.25) is 0 Å². The van der Waals surface area contributed by atoms with Crippen molar-refractivity contribution >= 4 is 22.7 Å². The number of hydrogen-bond acceptors (Lipinski definition) is 4. The van der Waals surface area contributed by atoms with Crippen LogP contribution in [0.1, 0.15) is 27.7 Å². The van der Waals surface area contributed by atoms with Crippen molar-refractivity contribution in [3.8, 4) is 0 Å². The minimum absolute atomic E-state index is 0.102. The molecule has 2 heterocycles. The first-order chi connectivity index (χ1) is 12.9. The van der Waals surface area contributed by atoms with Crippen molar-refractivity contribution in [2.24, 2.45) is 0 Å². The molecule has 0 aromatic heterocycles. The van der Waals surface area contributed by atoms with E-state index in [4.69, 9.17) is 0 Å². The lowest BCUT2D eigenvalue weighted by Gasteiger charge is -2.40. The highest BCUT2D eigenvalue weighted by molar-refractivity contribution is 5.81. The van der Waals surface area contributed by atoms with Crippen LogP contribution >= 0.6 is 0 Å². The first-order valence-electron chi connectivity index (χ1n) is 9.88. The zero-order chi connectivity index (χ0) is 19.3. The van der Waals surface area contributed by atoms with Crippen molar-refractivity contribution in [3.63, 3.8) is 0 Å². The summed E-state index contributed by atoms with van der Waals surface area (Å²) in [5.74, 6) is 0. The first-order valence-corrected chi connectivity index (χ1v) is 9.88. The summed E-state index contributed by atoms with van der Waals surface area (Å²) >= 11 is 0. The van der Waals surface area contributed by atoms with E-state index in [-0.39, 0.29) is 12.3 Å². The van der Waals surface area contributed by atoms with Crippen LogP contribution in [0.4, 0.5) is 22.7 Å². The summed E-state index contributed by atoms with van der Waals surface area (Å²) in [4.78, 5) is 9.66. The molecular weight excluding hydrogens is 332 g/mol. The van der Waals surface area contributed by atoms with Gasteiger partial charge in [0.05, 0.1) is 29.2 Å². The monoisotopic (exact) mass is 362 g/mol. The number of para-hydroxylation sites is 4. The van der Waals surface area contributed by atoms with Gasteiger partial charge < -0.3 is 19.6 Å². The standard InChI is InChI=1S/C23H30N4/c1-16(2)26-20-13-9-7-11-18(20)24(5)22(26)15-23-25(6)19-12-8-10-14-21(19)27(23)17(3)4/h7-14,16-17,22-23H,1-6H3. The molecule has 142 valence electrons. The van der Waals surface area contributed by atoms with Gasteiger partial charge in [0.1, 0.15) is 12.3 Å². The number of hydrogen-bond donors (Lipinski definition) is 0. The van der Waals surface area contributed by atoms with Gasteiger partial charge in [-0.05, 0) is 52.0 Å². The van der Waals surface area contributed by atoms with E-state index in [0.717, 1.165) is 0 Å². The molecule has 2 aromatic rings. The summed E-state index contributed by atoms with van der Waals surface area (Å²) in [6.45, 7) is 9.05. The van der Waals surface area contributed by atoms with Crippen molar-refractivity contribution in [1.29, 1.82) is 0 Å². The van der Waals surface area contributed by atoms with Gasteiger partial charge in [-0.2, -0.15) is 0 Å². The van der Waals surface area contributed by atoms with Gasteiger partial charge in [0, 0.05) is 26.2 Å². The van der Waals surface area contributed by atoms with Gasteiger partial charge in [-0.25, -0.2) is 0 Å². The maximum absolute atomic E-state index is 3.94. The first kappa shape index (κ1) is 18.0. The molecular formula is C23H30N4. The molecule has 0 N–H and O–H groups in total. The SMILES string of the molecule is CC(C)N1c2ccccc2N(C)C1[C]C1N(C)c2ccccc2N1C(C)C. The number of fused-ring (bicyclic) bond motifs is 2. The van der Waals surface area contributed by atoms with Crippen LogP contribution in [0.15, 0.2) is 48.5 Å². The molecule has 0 amide bonds. The quantitative estimate of drug-likeness (QED) is 0.796. The van der Waals surface area contributed by atoms with E-state index in [1.807, 2.05) is 0 Å². The molecule has 2 unspecified atom stereocenters. The number of anilines is 4. The fraction of sp³-hybridized carbons (Fsp3) is 0.435. The Kier molecular flexibility index (Phi) is 4.45. The molecule has 27 heavy (non-hydrogen) atoms. The van der Waals surface area contributed by atoms with Crippen LogP contribution in [0.25, 0.3) is 0 Å². The van der Waals surface area contributed by atoms with Crippen molar-refractivity contribution in [3.05, 3.63) is 55.0 Å². The van der Waals surface area contributed by atoms with E-state index in [1.165, 1.54) is 22.7 Å². The zero-order valence-corrected chi connectivity index (χ0v) is 17.2. The molecule has 2 aliphatic heterocycles. The Hall–Kier alpha value is -2.36. The Bertz CT molecular complexity index is 748. The van der Waals surface area contributed by atoms with E-state index in [2.05, 4.69) is 116 Å². The predicted octanol–water partition coefficient (Wildman–Crippen LogP) is 4.45. The average Bonchev–Trinajstić information content (AvgIpc) is 3.09. The lowest BCUT2D eigenvalue weighted by molar-refractivity contribution is 0.532. The van der Waals surface area contributed by atoms with Gasteiger partial charge in [-0.15, -0.1) is 0 Å². The molecule has 0 spiro atoms. The van der Waals surface area contributed by atoms with E-state index in [9.17, 15) is 0 Å².